The SMILES string of the molecule is COC(=O)C(C)CN(CCC(C)C)C(=O)Nc1ccccc1. The zero-order chi connectivity index (χ0) is 16.5. The molecule has 1 aromatic carbocycles. The summed E-state index contributed by atoms with van der Waals surface area (Å²) in [6.07, 6.45) is 0.885. The normalized spacial score (nSPS) is 11.9. The van der Waals surface area contributed by atoms with Gasteiger partial charge < -0.3 is 15.0 Å². The first kappa shape index (κ1) is 18.0. The second kappa shape index (κ2) is 9.07. The van der Waals surface area contributed by atoms with Crippen LogP contribution in [0.2, 0.25) is 0 Å². The second-order valence-corrected chi connectivity index (χ2v) is 5.85. The van der Waals surface area contributed by atoms with Crippen molar-refractivity contribution in [2.45, 2.75) is 27.2 Å². The molecule has 1 atom stereocenters. The quantitative estimate of drug-likeness (QED) is 0.786. The van der Waals surface area contributed by atoms with E-state index in [-0.39, 0.29) is 17.9 Å². The summed E-state index contributed by atoms with van der Waals surface area (Å²) < 4.78 is 4.74. The fourth-order valence-corrected chi connectivity index (χ4v) is 2.02. The third-order valence-electron chi connectivity index (χ3n) is 3.39. The number of ether oxygens (including phenoxy) is 1. The molecule has 0 bridgehead atoms. The molecule has 0 aliphatic rings. The van der Waals surface area contributed by atoms with Gasteiger partial charge >= 0.3 is 12.0 Å². The minimum absolute atomic E-state index is 0.192. The summed E-state index contributed by atoms with van der Waals surface area (Å²) in [4.78, 5) is 25.7. The molecule has 0 saturated carbocycles. The first-order chi connectivity index (χ1) is 10.4. The molecule has 0 fully saturated rings. The van der Waals surface area contributed by atoms with Crippen LogP contribution in [-0.2, 0) is 9.53 Å². The largest absolute Gasteiger partial charge is 0.469 e. The van der Waals surface area contributed by atoms with Crippen LogP contribution in [0, 0.1) is 11.8 Å². The lowest BCUT2D eigenvalue weighted by Crippen LogP contribution is -2.40. The van der Waals surface area contributed by atoms with Gasteiger partial charge in [-0.2, -0.15) is 0 Å². The van der Waals surface area contributed by atoms with Gasteiger partial charge in [0.15, 0.2) is 0 Å². The maximum atomic E-state index is 12.4. The van der Waals surface area contributed by atoms with Crippen LogP contribution >= 0.6 is 0 Å². The van der Waals surface area contributed by atoms with Crippen molar-refractivity contribution >= 4 is 17.7 Å². The van der Waals surface area contributed by atoms with E-state index in [1.165, 1.54) is 7.11 Å². The minimum atomic E-state index is -0.348. The van der Waals surface area contributed by atoms with Crippen LogP contribution in [0.1, 0.15) is 27.2 Å². The molecule has 1 aromatic rings. The van der Waals surface area contributed by atoms with Gasteiger partial charge in [-0.25, -0.2) is 4.79 Å². The van der Waals surface area contributed by atoms with Gasteiger partial charge in [-0.05, 0) is 24.5 Å². The van der Waals surface area contributed by atoms with Gasteiger partial charge in [0.1, 0.15) is 0 Å². The van der Waals surface area contributed by atoms with Crippen molar-refractivity contribution in [1.82, 2.24) is 4.90 Å². The molecule has 5 heteroatoms. The van der Waals surface area contributed by atoms with E-state index in [9.17, 15) is 9.59 Å². The summed E-state index contributed by atoms with van der Waals surface area (Å²) in [5.41, 5.74) is 0.743. The van der Waals surface area contributed by atoms with E-state index >= 15 is 0 Å². The van der Waals surface area contributed by atoms with E-state index in [0.29, 0.717) is 19.0 Å². The highest BCUT2D eigenvalue weighted by molar-refractivity contribution is 5.89. The van der Waals surface area contributed by atoms with Crippen LogP contribution in [0.4, 0.5) is 10.5 Å². The molecule has 0 radical (unpaired) electrons. The predicted octanol–water partition coefficient (Wildman–Crippen LogP) is 3.38. The summed E-state index contributed by atoms with van der Waals surface area (Å²) in [6.45, 7) is 6.94. The number of urea groups is 1. The van der Waals surface area contributed by atoms with Gasteiger partial charge in [-0.15, -0.1) is 0 Å². The van der Waals surface area contributed by atoms with E-state index in [1.54, 1.807) is 11.8 Å². The molecule has 0 spiro atoms. The van der Waals surface area contributed by atoms with E-state index in [0.717, 1.165) is 12.1 Å². The van der Waals surface area contributed by atoms with Crippen molar-refractivity contribution in [2.75, 3.05) is 25.5 Å². The van der Waals surface area contributed by atoms with E-state index in [4.69, 9.17) is 4.74 Å². The average Bonchev–Trinajstić information content (AvgIpc) is 2.50. The molecule has 0 aliphatic carbocycles. The maximum absolute atomic E-state index is 12.4. The molecule has 22 heavy (non-hydrogen) atoms. The first-order valence-corrected chi connectivity index (χ1v) is 7.62. The van der Waals surface area contributed by atoms with Gasteiger partial charge in [0.2, 0.25) is 0 Å². The fourth-order valence-electron chi connectivity index (χ4n) is 2.02. The Labute approximate surface area is 132 Å². The summed E-state index contributed by atoms with van der Waals surface area (Å²) in [6, 6.07) is 9.11. The van der Waals surface area contributed by atoms with Gasteiger partial charge in [0, 0.05) is 18.8 Å². The Morgan fingerprint density at radius 1 is 1.18 bits per heavy atom. The second-order valence-electron chi connectivity index (χ2n) is 5.85. The predicted molar refractivity (Wildman–Crippen MR) is 87.7 cm³/mol. The molecule has 0 saturated heterocycles. The lowest BCUT2D eigenvalue weighted by atomic mass is 10.1. The van der Waals surface area contributed by atoms with Crippen molar-refractivity contribution in [3.8, 4) is 0 Å². The number of benzene rings is 1. The Hall–Kier alpha value is -2.04. The third kappa shape index (κ3) is 6.16. The van der Waals surface area contributed by atoms with E-state index < -0.39 is 0 Å². The highest BCUT2D eigenvalue weighted by Crippen LogP contribution is 2.11. The Kier molecular flexibility index (Phi) is 7.43. The van der Waals surface area contributed by atoms with Gasteiger partial charge in [0.05, 0.1) is 13.0 Å². The molecule has 2 amide bonds. The zero-order valence-corrected chi connectivity index (χ0v) is 13.8. The number of carbonyl (C=O) groups is 2. The Morgan fingerprint density at radius 2 is 1.82 bits per heavy atom. The summed E-state index contributed by atoms with van der Waals surface area (Å²) in [7, 11) is 1.36. The summed E-state index contributed by atoms with van der Waals surface area (Å²) in [5.74, 6) is -0.166. The van der Waals surface area contributed by atoms with E-state index in [1.807, 2.05) is 30.3 Å². The lowest BCUT2D eigenvalue weighted by Gasteiger charge is -2.26. The number of carbonyl (C=O) groups excluding carboxylic acids is 2. The van der Waals surface area contributed by atoms with Crippen molar-refractivity contribution in [1.29, 1.82) is 0 Å². The van der Waals surface area contributed by atoms with Gasteiger partial charge in [0.25, 0.3) is 0 Å². The monoisotopic (exact) mass is 306 g/mol. The summed E-state index contributed by atoms with van der Waals surface area (Å²) in [5, 5.41) is 2.86. The Balaban J connectivity index is 2.71. The van der Waals surface area contributed by atoms with Gasteiger partial charge in [-0.1, -0.05) is 39.0 Å². The molecular weight excluding hydrogens is 280 g/mol. The van der Waals surface area contributed by atoms with Crippen molar-refractivity contribution in [3.63, 3.8) is 0 Å². The highest BCUT2D eigenvalue weighted by Gasteiger charge is 2.21. The Bertz CT molecular complexity index is 474. The van der Waals surface area contributed by atoms with Crippen LogP contribution in [0.5, 0.6) is 0 Å². The van der Waals surface area contributed by atoms with Crippen LogP contribution in [0.3, 0.4) is 0 Å². The number of rotatable bonds is 7. The van der Waals surface area contributed by atoms with Crippen molar-refractivity contribution < 1.29 is 14.3 Å². The Morgan fingerprint density at radius 3 is 2.36 bits per heavy atom. The number of nitrogens with zero attached hydrogens (tertiary/aromatic N) is 1. The van der Waals surface area contributed by atoms with Crippen LogP contribution in [-0.4, -0.2) is 37.1 Å². The molecule has 0 aliphatic heterocycles. The zero-order valence-electron chi connectivity index (χ0n) is 13.8. The molecule has 1 rings (SSSR count). The van der Waals surface area contributed by atoms with E-state index in [2.05, 4.69) is 19.2 Å². The number of hydrogen-bond donors (Lipinski definition) is 1. The van der Waals surface area contributed by atoms with Crippen LogP contribution in [0.25, 0.3) is 0 Å². The number of hydrogen-bond acceptors (Lipinski definition) is 3. The van der Waals surface area contributed by atoms with Gasteiger partial charge in [-0.3, -0.25) is 4.79 Å². The molecule has 0 aromatic heterocycles. The third-order valence-corrected chi connectivity index (χ3v) is 3.39. The number of nitrogens with one attached hydrogen (secondary N) is 1. The van der Waals surface area contributed by atoms with Crippen LogP contribution in [0.15, 0.2) is 30.3 Å². The molecule has 0 heterocycles. The average molecular weight is 306 g/mol. The first-order valence-electron chi connectivity index (χ1n) is 7.62. The minimum Gasteiger partial charge on any atom is -0.469 e. The molecule has 1 unspecified atom stereocenters. The summed E-state index contributed by atoms with van der Waals surface area (Å²) >= 11 is 0. The number of anilines is 1. The number of esters is 1. The maximum Gasteiger partial charge on any atom is 0.321 e. The standard InChI is InChI=1S/C17H26N2O3/c1-13(2)10-11-19(12-14(3)16(20)22-4)17(21)18-15-8-6-5-7-9-15/h5-9,13-14H,10-12H2,1-4H3,(H,18,21). The molecule has 1 N–H and O–H groups in total. The topological polar surface area (TPSA) is 58.6 Å². The van der Waals surface area contributed by atoms with Crippen molar-refractivity contribution in [3.05, 3.63) is 30.3 Å². The molecule has 5 nitrogen and oxygen atoms in total. The molecule has 122 valence electrons. The number of amides is 2. The molecular formula is C17H26N2O3. The van der Waals surface area contributed by atoms with Crippen molar-refractivity contribution in [2.24, 2.45) is 11.8 Å². The number of methoxy groups -OCH3 is 1. The smallest absolute Gasteiger partial charge is 0.321 e. The van der Waals surface area contributed by atoms with Crippen LogP contribution < -0.4 is 5.32 Å². The number of para-hydroxylation sites is 1. The fraction of sp³-hybridized carbons (Fsp3) is 0.529. The highest BCUT2D eigenvalue weighted by atomic mass is 16.5. The lowest BCUT2D eigenvalue weighted by molar-refractivity contribution is -0.145.